The maximum atomic E-state index is 13.4. The van der Waals surface area contributed by atoms with Crippen LogP contribution < -0.4 is 0 Å². The first-order chi connectivity index (χ1) is 11.5. The monoisotopic (exact) mass is 329 g/mol. The van der Waals surface area contributed by atoms with Crippen LogP contribution in [0.4, 0.5) is 9.18 Å². The van der Waals surface area contributed by atoms with Gasteiger partial charge in [0.05, 0.1) is 6.54 Å². The van der Waals surface area contributed by atoms with E-state index in [1.807, 2.05) is 30.3 Å². The lowest BCUT2D eigenvalue weighted by atomic mass is 9.94. The molecule has 1 heterocycles. The molecule has 0 saturated carbocycles. The van der Waals surface area contributed by atoms with Crippen LogP contribution in [0.2, 0.25) is 0 Å². The van der Waals surface area contributed by atoms with E-state index < -0.39 is 23.9 Å². The van der Waals surface area contributed by atoms with E-state index in [1.54, 1.807) is 6.07 Å². The number of carboxylic acid groups (broad SMARTS) is 1. The van der Waals surface area contributed by atoms with Gasteiger partial charge in [0.15, 0.2) is 0 Å². The van der Waals surface area contributed by atoms with E-state index in [1.165, 1.54) is 12.1 Å². The molecule has 1 unspecified atom stereocenters. The van der Waals surface area contributed by atoms with E-state index in [9.17, 15) is 19.1 Å². The summed E-state index contributed by atoms with van der Waals surface area (Å²) in [7, 11) is 0. The highest BCUT2D eigenvalue weighted by atomic mass is 19.1. The molecule has 6 heteroatoms. The summed E-state index contributed by atoms with van der Waals surface area (Å²) in [5.74, 6) is -1.53. The van der Waals surface area contributed by atoms with Crippen molar-refractivity contribution < 1.29 is 23.8 Å². The average Bonchev–Trinajstić information content (AvgIpc) is 2.59. The Bertz CT molecular complexity index is 763. The van der Waals surface area contributed by atoms with Crippen molar-refractivity contribution in [2.45, 2.75) is 25.6 Å². The lowest BCUT2D eigenvalue weighted by Gasteiger charge is -2.33. The second-order valence-corrected chi connectivity index (χ2v) is 5.64. The first kappa shape index (κ1) is 16.0. The molecule has 0 aliphatic carbocycles. The van der Waals surface area contributed by atoms with Gasteiger partial charge in [-0.2, -0.15) is 0 Å². The van der Waals surface area contributed by atoms with Gasteiger partial charge in [-0.3, -0.25) is 4.90 Å². The highest BCUT2D eigenvalue weighted by Crippen LogP contribution is 2.25. The van der Waals surface area contributed by atoms with Crippen LogP contribution in [0.1, 0.15) is 16.7 Å². The van der Waals surface area contributed by atoms with Crippen LogP contribution in [0.25, 0.3) is 0 Å². The normalized spacial score (nSPS) is 16.4. The Morgan fingerprint density at radius 1 is 1.17 bits per heavy atom. The van der Waals surface area contributed by atoms with Gasteiger partial charge in [0.25, 0.3) is 0 Å². The van der Waals surface area contributed by atoms with Crippen molar-refractivity contribution in [1.29, 1.82) is 0 Å². The van der Waals surface area contributed by atoms with E-state index in [0.29, 0.717) is 5.56 Å². The number of aliphatic carboxylic acids is 1. The lowest BCUT2D eigenvalue weighted by molar-refractivity contribution is -0.143. The number of carbonyl (C=O) groups excluding carboxylic acids is 1. The minimum absolute atomic E-state index is 0.0116. The minimum Gasteiger partial charge on any atom is -0.480 e. The molecule has 24 heavy (non-hydrogen) atoms. The molecule has 2 aromatic carbocycles. The highest BCUT2D eigenvalue weighted by molar-refractivity contribution is 5.81. The molecule has 2 aromatic rings. The number of nitrogens with zero attached hydrogens (tertiary/aromatic N) is 1. The summed E-state index contributed by atoms with van der Waals surface area (Å²) in [5, 5.41) is 9.40. The van der Waals surface area contributed by atoms with E-state index >= 15 is 0 Å². The molecule has 3 rings (SSSR count). The summed E-state index contributed by atoms with van der Waals surface area (Å²) < 4.78 is 18.6. The number of carbonyl (C=O) groups is 2. The molecule has 0 radical (unpaired) electrons. The standard InChI is InChI=1S/C18H16FNO4/c19-15-7-6-13-9-16(17(21)22)20(10-14(13)8-15)18(23)24-11-12-4-2-1-3-5-12/h1-8,16H,9-11H2,(H,21,22). The summed E-state index contributed by atoms with van der Waals surface area (Å²) in [6.07, 6.45) is -0.591. The number of benzene rings is 2. The van der Waals surface area contributed by atoms with E-state index in [0.717, 1.165) is 16.0 Å². The Hall–Kier alpha value is -2.89. The van der Waals surface area contributed by atoms with Crippen LogP contribution in [0.15, 0.2) is 48.5 Å². The van der Waals surface area contributed by atoms with Crippen LogP contribution in [0.5, 0.6) is 0 Å². The van der Waals surface area contributed by atoms with Crippen molar-refractivity contribution in [3.8, 4) is 0 Å². The molecule has 0 aromatic heterocycles. The fourth-order valence-electron chi connectivity index (χ4n) is 2.77. The first-order valence-electron chi connectivity index (χ1n) is 7.52. The van der Waals surface area contributed by atoms with Gasteiger partial charge in [0.2, 0.25) is 0 Å². The molecule has 0 fully saturated rings. The minimum atomic E-state index is -1.11. The lowest BCUT2D eigenvalue weighted by Crippen LogP contribution is -2.48. The van der Waals surface area contributed by atoms with Crippen molar-refractivity contribution in [3.63, 3.8) is 0 Å². The quantitative estimate of drug-likeness (QED) is 0.940. The van der Waals surface area contributed by atoms with E-state index in [-0.39, 0.29) is 19.6 Å². The smallest absolute Gasteiger partial charge is 0.411 e. The van der Waals surface area contributed by atoms with Gasteiger partial charge in [-0.25, -0.2) is 14.0 Å². The van der Waals surface area contributed by atoms with Crippen molar-refractivity contribution in [1.82, 2.24) is 4.90 Å². The zero-order valence-electron chi connectivity index (χ0n) is 12.8. The predicted octanol–water partition coefficient (Wildman–Crippen LogP) is 2.97. The van der Waals surface area contributed by atoms with Gasteiger partial charge < -0.3 is 9.84 Å². The van der Waals surface area contributed by atoms with Crippen LogP contribution in [-0.4, -0.2) is 28.1 Å². The zero-order valence-corrected chi connectivity index (χ0v) is 12.8. The van der Waals surface area contributed by atoms with E-state index in [4.69, 9.17) is 4.74 Å². The van der Waals surface area contributed by atoms with Gasteiger partial charge in [-0.05, 0) is 28.8 Å². The molecule has 0 spiro atoms. The fraction of sp³-hybridized carbons (Fsp3) is 0.222. The molecule has 5 nitrogen and oxygen atoms in total. The van der Waals surface area contributed by atoms with Crippen LogP contribution in [0.3, 0.4) is 0 Å². The molecule has 1 amide bonds. The Morgan fingerprint density at radius 2 is 1.92 bits per heavy atom. The zero-order chi connectivity index (χ0) is 17.1. The summed E-state index contributed by atoms with van der Waals surface area (Å²) in [6.45, 7) is 0.0657. The van der Waals surface area contributed by atoms with Gasteiger partial charge in [0.1, 0.15) is 18.5 Å². The Balaban J connectivity index is 1.76. The number of rotatable bonds is 3. The Labute approximate surface area is 138 Å². The maximum absolute atomic E-state index is 13.4. The topological polar surface area (TPSA) is 66.8 Å². The van der Waals surface area contributed by atoms with Crippen molar-refractivity contribution in [2.75, 3.05) is 0 Å². The van der Waals surface area contributed by atoms with Crippen LogP contribution in [0, 0.1) is 5.82 Å². The average molecular weight is 329 g/mol. The third kappa shape index (κ3) is 3.37. The largest absolute Gasteiger partial charge is 0.480 e. The third-order valence-electron chi connectivity index (χ3n) is 4.02. The molecule has 1 aliphatic rings. The number of carboxylic acids is 1. The molecule has 1 aliphatic heterocycles. The molecule has 124 valence electrons. The summed E-state index contributed by atoms with van der Waals surface area (Å²) in [4.78, 5) is 25.0. The predicted molar refractivity (Wildman–Crippen MR) is 83.7 cm³/mol. The van der Waals surface area contributed by atoms with Gasteiger partial charge >= 0.3 is 12.1 Å². The molecular weight excluding hydrogens is 313 g/mol. The highest BCUT2D eigenvalue weighted by Gasteiger charge is 2.35. The molecule has 0 bridgehead atoms. The van der Waals surface area contributed by atoms with Crippen molar-refractivity contribution >= 4 is 12.1 Å². The third-order valence-corrected chi connectivity index (χ3v) is 4.02. The maximum Gasteiger partial charge on any atom is 0.411 e. The number of halogens is 1. The van der Waals surface area contributed by atoms with Crippen molar-refractivity contribution in [2.24, 2.45) is 0 Å². The fourth-order valence-corrected chi connectivity index (χ4v) is 2.77. The molecular formula is C18H16FNO4. The van der Waals surface area contributed by atoms with Gasteiger partial charge in [-0.15, -0.1) is 0 Å². The number of ether oxygens (including phenoxy) is 1. The van der Waals surface area contributed by atoms with Gasteiger partial charge in [0, 0.05) is 6.42 Å². The second-order valence-electron chi connectivity index (χ2n) is 5.64. The molecule has 1 atom stereocenters. The molecule has 0 saturated heterocycles. The SMILES string of the molecule is O=C(O)C1Cc2ccc(F)cc2CN1C(=O)OCc1ccccc1. The van der Waals surface area contributed by atoms with Crippen LogP contribution in [-0.2, 0) is 29.1 Å². The number of hydrogen-bond acceptors (Lipinski definition) is 3. The van der Waals surface area contributed by atoms with Gasteiger partial charge in [-0.1, -0.05) is 36.4 Å². The Kier molecular flexibility index (Phi) is 4.46. The molecule has 1 N–H and O–H groups in total. The number of amides is 1. The van der Waals surface area contributed by atoms with Crippen molar-refractivity contribution in [3.05, 3.63) is 71.0 Å². The number of hydrogen-bond donors (Lipinski definition) is 1. The summed E-state index contributed by atoms with van der Waals surface area (Å²) >= 11 is 0. The first-order valence-corrected chi connectivity index (χ1v) is 7.52. The number of fused-ring (bicyclic) bond motifs is 1. The van der Waals surface area contributed by atoms with E-state index in [2.05, 4.69) is 0 Å². The summed E-state index contributed by atoms with van der Waals surface area (Å²) in [5.41, 5.74) is 2.14. The Morgan fingerprint density at radius 3 is 2.62 bits per heavy atom. The summed E-state index contributed by atoms with van der Waals surface area (Å²) in [6, 6.07) is 12.3. The second kappa shape index (κ2) is 6.70. The van der Waals surface area contributed by atoms with Crippen LogP contribution >= 0.6 is 0 Å².